The topological polar surface area (TPSA) is 156 Å². The van der Waals surface area contributed by atoms with E-state index in [0.29, 0.717) is 50.2 Å². The van der Waals surface area contributed by atoms with Crippen LogP contribution in [0.5, 0.6) is 0 Å². The Morgan fingerprint density at radius 1 is 1.08 bits per heavy atom. The molecule has 51 heavy (non-hydrogen) atoms. The highest BCUT2D eigenvalue weighted by Gasteiger charge is 2.27. The Balaban J connectivity index is 1.69. The normalized spacial score (nSPS) is 16.6. The third-order valence-electron chi connectivity index (χ3n) is 8.93. The van der Waals surface area contributed by atoms with Gasteiger partial charge in [0.2, 0.25) is 0 Å². The van der Waals surface area contributed by atoms with Crippen LogP contribution in [0.15, 0.2) is 46.7 Å². The van der Waals surface area contributed by atoms with Gasteiger partial charge in [-0.25, -0.2) is 0 Å². The van der Waals surface area contributed by atoms with Crippen molar-refractivity contribution in [3.05, 3.63) is 67.6 Å². The molecule has 0 aromatic heterocycles. The molecule has 1 fully saturated rings. The third-order valence-corrected chi connectivity index (χ3v) is 10.1. The van der Waals surface area contributed by atoms with E-state index in [0.717, 1.165) is 63.7 Å². The fraction of sp³-hybridized carbons (Fsp3) is 0.543. The smallest absolute Gasteiger partial charge is 0.254 e. The predicted octanol–water partition coefficient (Wildman–Crippen LogP) is 5.58. The first-order chi connectivity index (χ1) is 24.3. The summed E-state index contributed by atoms with van der Waals surface area (Å²) in [6.07, 6.45) is 4.91. The van der Waals surface area contributed by atoms with Gasteiger partial charge in [0.05, 0.1) is 22.3 Å². The lowest BCUT2D eigenvalue weighted by molar-refractivity contribution is -0.113. The Labute approximate surface area is 320 Å². The maximum absolute atomic E-state index is 13.5. The Hall–Kier alpha value is -2.68. The molecule has 1 amide bonds. The number of rotatable bonds is 20. The van der Waals surface area contributed by atoms with Crippen molar-refractivity contribution < 1.29 is 24.7 Å². The van der Waals surface area contributed by atoms with Crippen LogP contribution in [0.1, 0.15) is 60.4 Å². The second kappa shape index (κ2) is 21.8. The predicted molar refractivity (Wildman–Crippen MR) is 205 cm³/mol. The number of nitrogens with zero attached hydrogens (tertiary/aromatic N) is 5. The molecule has 2 aromatic rings. The van der Waals surface area contributed by atoms with Crippen LogP contribution >= 0.6 is 46.4 Å². The molecule has 1 aliphatic heterocycles. The Morgan fingerprint density at radius 2 is 1.76 bits per heavy atom. The minimum absolute atomic E-state index is 0.0785. The zero-order valence-electron chi connectivity index (χ0n) is 29.3. The van der Waals surface area contributed by atoms with E-state index in [4.69, 9.17) is 62.2 Å². The molecule has 3 unspecified atom stereocenters. The molecule has 0 spiro atoms. The summed E-state index contributed by atoms with van der Waals surface area (Å²) < 4.78 is 0. The lowest BCUT2D eigenvalue weighted by atomic mass is 9.89. The summed E-state index contributed by atoms with van der Waals surface area (Å²) in [4.78, 5) is 36.1. The monoisotopic (exact) mass is 787 g/mol. The van der Waals surface area contributed by atoms with E-state index in [9.17, 15) is 14.7 Å². The number of nitrogens with two attached hydrogens (primary N) is 1. The molecule has 12 nitrogen and oxygen atoms in total. The Kier molecular flexibility index (Phi) is 18.2. The van der Waals surface area contributed by atoms with Crippen molar-refractivity contribution in [1.82, 2.24) is 20.0 Å². The minimum Gasteiger partial charge on any atom is -0.409 e. The largest absolute Gasteiger partial charge is 0.409 e. The van der Waals surface area contributed by atoms with Crippen LogP contribution < -0.4 is 11.1 Å². The lowest BCUT2D eigenvalue weighted by Crippen LogP contribution is -2.43. The standard InChI is InChI=1S/C35H49Cl4N7O5/c1-44(2)34(48)15-23(21-47)5-4-11-41-28-8-12-46(13-9-28)14-10-29(24-6-7-30(38)31(39)18-24)32(43-51-22-33(40)42-50)20-45(3)35(49)25-16-26(36)19-27(37)17-25/h6-7,16-19,21,23,28-29,34,41,48,50H,4-5,8-15,20,22H2,1-3H3,(H2,40,42)/b43-32+. The Morgan fingerprint density at radius 3 is 2.37 bits per heavy atom. The highest BCUT2D eigenvalue weighted by molar-refractivity contribution is 6.42. The molecule has 0 radical (unpaired) electrons. The number of aliphatic hydroxyl groups excluding tert-OH is 1. The van der Waals surface area contributed by atoms with E-state index in [-0.39, 0.29) is 36.7 Å². The summed E-state index contributed by atoms with van der Waals surface area (Å²) in [5, 5.41) is 31.6. The first-order valence-corrected chi connectivity index (χ1v) is 18.4. The molecule has 0 saturated carbocycles. The first-order valence-electron chi connectivity index (χ1n) is 16.9. The molecule has 3 atom stereocenters. The molecule has 1 heterocycles. The number of hydrogen-bond acceptors (Lipinski definition) is 10. The van der Waals surface area contributed by atoms with Crippen molar-refractivity contribution in [2.45, 2.75) is 56.7 Å². The number of benzene rings is 2. The van der Waals surface area contributed by atoms with Gasteiger partial charge in [0.1, 0.15) is 12.5 Å². The van der Waals surface area contributed by atoms with E-state index in [1.54, 1.807) is 56.4 Å². The van der Waals surface area contributed by atoms with Gasteiger partial charge in [-0.2, -0.15) is 0 Å². The quantitative estimate of drug-likeness (QED) is 0.0256. The van der Waals surface area contributed by atoms with Gasteiger partial charge >= 0.3 is 0 Å². The third kappa shape index (κ3) is 14.3. The maximum atomic E-state index is 13.5. The summed E-state index contributed by atoms with van der Waals surface area (Å²) in [5.74, 6) is -0.983. The number of amidine groups is 1. The molecule has 5 N–H and O–H groups in total. The fourth-order valence-corrected chi connectivity index (χ4v) is 6.78. The number of oxime groups is 2. The van der Waals surface area contributed by atoms with Gasteiger partial charge in [-0.3, -0.25) is 9.69 Å². The van der Waals surface area contributed by atoms with Crippen molar-refractivity contribution in [3.8, 4) is 0 Å². The molecular weight excluding hydrogens is 740 g/mol. The number of piperidine rings is 1. The van der Waals surface area contributed by atoms with E-state index < -0.39 is 6.23 Å². The number of aliphatic hydroxyl groups is 1. The number of carbonyl (C=O) groups is 2. The summed E-state index contributed by atoms with van der Waals surface area (Å²) in [5.41, 5.74) is 7.32. The fourth-order valence-electron chi connectivity index (χ4n) is 5.95. The number of carbonyl (C=O) groups excluding carboxylic acids is 2. The van der Waals surface area contributed by atoms with Crippen LogP contribution in [0.25, 0.3) is 0 Å². The molecule has 1 aliphatic rings. The van der Waals surface area contributed by atoms with Crippen molar-refractivity contribution in [2.24, 2.45) is 22.0 Å². The number of hydrogen-bond donors (Lipinski definition) is 4. The second-order valence-corrected chi connectivity index (χ2v) is 14.8. The van der Waals surface area contributed by atoms with Gasteiger partial charge in [0, 0.05) is 40.5 Å². The van der Waals surface area contributed by atoms with E-state index >= 15 is 0 Å². The molecule has 282 valence electrons. The van der Waals surface area contributed by atoms with Crippen LogP contribution in [0.2, 0.25) is 20.1 Å². The zero-order valence-corrected chi connectivity index (χ0v) is 32.3. The second-order valence-electron chi connectivity index (χ2n) is 13.1. The van der Waals surface area contributed by atoms with Crippen molar-refractivity contribution in [2.75, 3.05) is 60.5 Å². The van der Waals surface area contributed by atoms with Crippen molar-refractivity contribution in [3.63, 3.8) is 0 Å². The highest BCUT2D eigenvalue weighted by Crippen LogP contribution is 2.31. The number of aldehydes is 1. The maximum Gasteiger partial charge on any atom is 0.254 e. The van der Waals surface area contributed by atoms with Crippen molar-refractivity contribution >= 4 is 70.1 Å². The van der Waals surface area contributed by atoms with Crippen LogP contribution in [0.3, 0.4) is 0 Å². The van der Waals surface area contributed by atoms with E-state index in [1.165, 1.54) is 4.90 Å². The van der Waals surface area contributed by atoms with Crippen LogP contribution in [-0.4, -0.2) is 121 Å². The van der Waals surface area contributed by atoms with Crippen molar-refractivity contribution in [1.29, 1.82) is 0 Å². The highest BCUT2D eigenvalue weighted by atomic mass is 35.5. The van der Waals surface area contributed by atoms with Gasteiger partial charge in [0.15, 0.2) is 12.4 Å². The molecule has 16 heteroatoms. The molecule has 0 bridgehead atoms. The number of halogens is 4. The summed E-state index contributed by atoms with van der Waals surface area (Å²) in [6.45, 7) is 3.13. The molecule has 0 aliphatic carbocycles. The molecular formula is C35H49Cl4N7O5. The summed E-state index contributed by atoms with van der Waals surface area (Å²) in [6, 6.07) is 10.4. The van der Waals surface area contributed by atoms with Gasteiger partial charge in [0.25, 0.3) is 5.91 Å². The van der Waals surface area contributed by atoms with Crippen LogP contribution in [-0.2, 0) is 9.63 Å². The van der Waals surface area contributed by atoms with Crippen LogP contribution in [0, 0.1) is 5.92 Å². The van der Waals surface area contributed by atoms with Gasteiger partial charge in [-0.1, -0.05) is 62.8 Å². The van der Waals surface area contributed by atoms with Crippen LogP contribution in [0.4, 0.5) is 0 Å². The van der Waals surface area contributed by atoms with Gasteiger partial charge < -0.3 is 40.8 Å². The van der Waals surface area contributed by atoms with E-state index in [1.807, 2.05) is 6.07 Å². The summed E-state index contributed by atoms with van der Waals surface area (Å²) in [7, 11) is 5.24. The number of likely N-dealkylation sites (tertiary alicyclic amines) is 1. The molecule has 3 rings (SSSR count). The number of amides is 1. The minimum atomic E-state index is -0.625. The Bertz CT molecular complexity index is 1470. The number of nitrogens with one attached hydrogen (secondary N) is 1. The molecule has 2 aromatic carbocycles. The summed E-state index contributed by atoms with van der Waals surface area (Å²) >= 11 is 25.1. The van der Waals surface area contributed by atoms with Gasteiger partial charge in [-0.05, 0) is 115 Å². The molecule has 1 saturated heterocycles. The first kappa shape index (κ1) is 42.7. The van der Waals surface area contributed by atoms with E-state index in [2.05, 4.69) is 20.5 Å². The van der Waals surface area contributed by atoms with Gasteiger partial charge in [-0.15, -0.1) is 0 Å². The zero-order chi connectivity index (χ0) is 37.5. The average Bonchev–Trinajstić information content (AvgIpc) is 3.10. The lowest BCUT2D eigenvalue weighted by Gasteiger charge is -2.34. The SMILES string of the molecule is CN(C/C(=N\OC/C(N)=N/O)C(CCN1CCC(NCCCC(C=O)CC(O)N(C)C)CC1)c1ccc(Cl)c(Cl)c1)C(=O)c1cc(Cl)cc(Cl)c1. The average molecular weight is 790 g/mol.